The molecule has 3 heterocycles. The predicted molar refractivity (Wildman–Crippen MR) is 182 cm³/mol. The Morgan fingerprint density at radius 1 is 0.913 bits per heavy atom. The van der Waals surface area contributed by atoms with E-state index in [0.29, 0.717) is 12.4 Å². The van der Waals surface area contributed by atoms with Crippen molar-refractivity contribution in [3.05, 3.63) is 134 Å². The van der Waals surface area contributed by atoms with Crippen LogP contribution in [0.4, 0.5) is 0 Å². The van der Waals surface area contributed by atoms with Gasteiger partial charge in [-0.05, 0) is 95.5 Å². The van der Waals surface area contributed by atoms with Crippen molar-refractivity contribution >= 4 is 33.7 Å². The fourth-order valence-corrected chi connectivity index (χ4v) is 6.97. The van der Waals surface area contributed by atoms with Gasteiger partial charge in [0.15, 0.2) is 5.82 Å². The molecule has 1 N–H and O–H groups in total. The third-order valence-corrected chi connectivity index (χ3v) is 9.15. The Labute approximate surface area is 266 Å². The smallest absolute Gasteiger partial charge is 0.327 e. The van der Waals surface area contributed by atoms with E-state index in [-0.39, 0.29) is 0 Å². The largest absolute Gasteiger partial charge is 0.439 e. The minimum Gasteiger partial charge on any atom is -0.327 e. The molecule has 3 aromatic heterocycles. The average molecular weight is 607 g/mol. The lowest BCUT2D eigenvalue weighted by Crippen LogP contribution is -2.06. The second-order valence-electron chi connectivity index (χ2n) is 12.2. The number of benzene rings is 4. The van der Waals surface area contributed by atoms with E-state index in [0.717, 1.165) is 87.2 Å². The minimum absolute atomic E-state index is 0.410. The van der Waals surface area contributed by atoms with Crippen molar-refractivity contribution in [1.82, 2.24) is 29.2 Å². The second-order valence-corrected chi connectivity index (χ2v) is 12.2. The first kappa shape index (κ1) is 28.0. The fourth-order valence-electron chi connectivity index (χ4n) is 6.97. The third-order valence-electron chi connectivity index (χ3n) is 9.15. The molecule has 228 valence electrons. The van der Waals surface area contributed by atoms with Crippen molar-refractivity contribution in [2.75, 3.05) is 0 Å². The van der Waals surface area contributed by atoms with Crippen LogP contribution in [-0.2, 0) is 32.9 Å². The highest BCUT2D eigenvalue weighted by Gasteiger charge is 2.21. The van der Waals surface area contributed by atoms with E-state index >= 15 is 0 Å². The summed E-state index contributed by atoms with van der Waals surface area (Å²) in [5.41, 5.74) is 13.6. The first-order valence-electron chi connectivity index (χ1n) is 15.9. The van der Waals surface area contributed by atoms with Crippen molar-refractivity contribution in [1.29, 1.82) is 0 Å². The number of imidazole rings is 2. The summed E-state index contributed by atoms with van der Waals surface area (Å²) in [6.07, 6.45) is 5.67. The molecule has 0 fully saturated rings. The van der Waals surface area contributed by atoms with Crippen molar-refractivity contribution in [2.24, 2.45) is 7.05 Å². The summed E-state index contributed by atoms with van der Waals surface area (Å²) >= 11 is 0. The van der Waals surface area contributed by atoms with Gasteiger partial charge in [-0.25, -0.2) is 14.8 Å². The highest BCUT2D eigenvalue weighted by molar-refractivity contribution is 5.93. The van der Waals surface area contributed by atoms with Gasteiger partial charge < -0.3 is 9.13 Å². The van der Waals surface area contributed by atoms with Crippen molar-refractivity contribution in [2.45, 2.75) is 46.1 Å². The first-order valence-corrected chi connectivity index (χ1v) is 15.9. The van der Waals surface area contributed by atoms with E-state index in [9.17, 15) is 4.79 Å². The monoisotopic (exact) mass is 606 g/mol. The SMILES string of the molecule is CCCc1nc2c(C)cc(-c3nc4ccccc4n3C)cc2n1Cc1ccc2c(c1)CCc1ccccc1/C2=C/c1noc(=O)[nH]1. The lowest BCUT2D eigenvalue weighted by atomic mass is 9.92. The maximum absolute atomic E-state index is 11.7. The zero-order valence-electron chi connectivity index (χ0n) is 26.2. The maximum Gasteiger partial charge on any atom is 0.439 e. The van der Waals surface area contributed by atoms with Gasteiger partial charge in [0.1, 0.15) is 11.6 Å². The number of hydrogen-bond donors (Lipinski definition) is 1. The number of nitrogens with zero attached hydrogens (tertiary/aromatic N) is 5. The first-order chi connectivity index (χ1) is 22.5. The second kappa shape index (κ2) is 11.1. The molecule has 1 aliphatic rings. The summed E-state index contributed by atoms with van der Waals surface area (Å²) in [6, 6.07) is 28.0. The van der Waals surface area contributed by atoms with Gasteiger partial charge in [-0.1, -0.05) is 66.7 Å². The van der Waals surface area contributed by atoms with Crippen LogP contribution >= 0.6 is 0 Å². The number of fused-ring (bicyclic) bond motifs is 4. The Kier molecular flexibility index (Phi) is 6.78. The Bertz CT molecular complexity index is 2370. The highest BCUT2D eigenvalue weighted by atomic mass is 16.5. The summed E-state index contributed by atoms with van der Waals surface area (Å²) in [7, 11) is 2.08. The van der Waals surface area contributed by atoms with Gasteiger partial charge in [0, 0.05) is 25.6 Å². The fraction of sp³-hybridized carbons (Fsp3) is 0.211. The van der Waals surface area contributed by atoms with Gasteiger partial charge in [-0.15, -0.1) is 0 Å². The third kappa shape index (κ3) is 4.77. The molecule has 8 nitrogen and oxygen atoms in total. The Morgan fingerprint density at radius 2 is 1.72 bits per heavy atom. The van der Waals surface area contributed by atoms with Crippen LogP contribution in [0.1, 0.15) is 58.4 Å². The van der Waals surface area contributed by atoms with Crippen LogP contribution in [0.25, 0.3) is 45.1 Å². The van der Waals surface area contributed by atoms with Gasteiger partial charge in [0.25, 0.3) is 0 Å². The Balaban J connectivity index is 1.23. The topological polar surface area (TPSA) is 94.5 Å². The molecule has 0 spiro atoms. The van der Waals surface area contributed by atoms with Crippen LogP contribution in [0.2, 0.25) is 0 Å². The van der Waals surface area contributed by atoms with Gasteiger partial charge in [0.2, 0.25) is 0 Å². The van der Waals surface area contributed by atoms with Crippen LogP contribution in [-0.4, -0.2) is 29.2 Å². The van der Waals surface area contributed by atoms with Crippen LogP contribution in [0, 0.1) is 6.92 Å². The van der Waals surface area contributed by atoms with Crippen LogP contribution in [0.3, 0.4) is 0 Å². The van der Waals surface area contributed by atoms with E-state index in [1.165, 1.54) is 16.7 Å². The van der Waals surface area contributed by atoms with E-state index in [1.807, 2.05) is 12.1 Å². The van der Waals surface area contributed by atoms with Gasteiger partial charge in [-0.3, -0.25) is 9.51 Å². The molecular weight excluding hydrogens is 572 g/mol. The molecule has 0 bridgehead atoms. The van der Waals surface area contributed by atoms with Crippen LogP contribution in [0.5, 0.6) is 0 Å². The summed E-state index contributed by atoms with van der Waals surface area (Å²) < 4.78 is 9.37. The number of para-hydroxylation sites is 2. The summed E-state index contributed by atoms with van der Waals surface area (Å²) in [5, 5.41) is 3.93. The highest BCUT2D eigenvalue weighted by Crippen LogP contribution is 2.36. The molecule has 1 aliphatic carbocycles. The van der Waals surface area contributed by atoms with Crippen molar-refractivity contribution in [3.63, 3.8) is 0 Å². The van der Waals surface area contributed by atoms with Crippen molar-refractivity contribution in [3.8, 4) is 11.4 Å². The predicted octanol–water partition coefficient (Wildman–Crippen LogP) is 7.26. The summed E-state index contributed by atoms with van der Waals surface area (Å²) in [5.74, 6) is 1.90. The minimum atomic E-state index is -0.561. The van der Waals surface area contributed by atoms with E-state index < -0.39 is 5.76 Å². The number of aromatic nitrogens is 6. The molecule has 8 heteroatoms. The maximum atomic E-state index is 11.7. The quantitative estimate of drug-likeness (QED) is 0.215. The molecule has 0 aliphatic heterocycles. The number of aromatic amines is 1. The molecule has 0 amide bonds. The number of aryl methyl sites for hydroxylation is 5. The zero-order valence-corrected chi connectivity index (χ0v) is 26.2. The Morgan fingerprint density at radius 3 is 2.54 bits per heavy atom. The molecule has 46 heavy (non-hydrogen) atoms. The van der Waals surface area contributed by atoms with Gasteiger partial charge >= 0.3 is 5.76 Å². The molecule has 0 saturated carbocycles. The van der Waals surface area contributed by atoms with Crippen LogP contribution in [0.15, 0.2) is 88.2 Å². The Hall–Kier alpha value is -5.50. The van der Waals surface area contributed by atoms with E-state index in [1.54, 1.807) is 0 Å². The lowest BCUT2D eigenvalue weighted by molar-refractivity contribution is 0.385. The zero-order chi connectivity index (χ0) is 31.4. The van der Waals surface area contributed by atoms with Crippen molar-refractivity contribution < 1.29 is 4.52 Å². The number of nitrogens with one attached hydrogen (secondary N) is 1. The molecule has 0 unspecified atom stereocenters. The van der Waals surface area contributed by atoms with Crippen LogP contribution < -0.4 is 5.76 Å². The summed E-state index contributed by atoms with van der Waals surface area (Å²) in [4.78, 5) is 24.6. The normalized spacial score (nSPS) is 13.8. The van der Waals surface area contributed by atoms with E-state index in [2.05, 4.69) is 113 Å². The molecular formula is C38H34N6O2. The number of rotatable bonds is 6. The standard InChI is InChI=1S/C38H34N6O2/c1-4-9-35-41-36-23(2)18-27(37-39-31-12-7-8-13-32(31)43(37)3)20-33(36)44(35)22-24-14-17-29-26(19-24)16-15-25-10-5-6-11-28(25)30(29)21-34-40-38(45)46-42-34/h5-8,10-14,17-21H,4,9,15-16,22H2,1-3H3,(H,40,42,45)/b30-21-. The average Bonchev–Trinajstić information content (AvgIpc) is 3.71. The summed E-state index contributed by atoms with van der Waals surface area (Å²) in [6.45, 7) is 5.07. The van der Waals surface area contributed by atoms with Gasteiger partial charge in [-0.2, -0.15) is 0 Å². The molecule has 4 aromatic carbocycles. The molecule has 7 aromatic rings. The number of hydrogen-bond acceptors (Lipinski definition) is 5. The molecule has 8 rings (SSSR count). The molecule has 0 radical (unpaired) electrons. The molecule has 0 saturated heterocycles. The van der Waals surface area contributed by atoms with Gasteiger partial charge in [0.05, 0.1) is 22.1 Å². The molecule has 0 atom stereocenters. The van der Waals surface area contributed by atoms with E-state index in [4.69, 9.17) is 14.5 Å². The lowest BCUT2D eigenvalue weighted by Gasteiger charge is -2.15. The number of H-pyrrole nitrogens is 1.